The summed E-state index contributed by atoms with van der Waals surface area (Å²) in [6, 6.07) is 4.22. The number of aromatic nitrogens is 4. The van der Waals surface area contributed by atoms with Gasteiger partial charge in [-0.2, -0.15) is 13.3 Å². The summed E-state index contributed by atoms with van der Waals surface area (Å²) < 4.78 is 52.9. The van der Waals surface area contributed by atoms with Crippen LogP contribution in [0.25, 0.3) is 5.65 Å². The number of nitrogens with one attached hydrogen (secondary N) is 1. The minimum absolute atomic E-state index is 0.0623. The Morgan fingerprint density at radius 3 is 2.38 bits per heavy atom. The summed E-state index contributed by atoms with van der Waals surface area (Å²) in [4.78, 5) is 13.5. The predicted molar refractivity (Wildman–Crippen MR) is 137 cm³/mol. The zero-order chi connectivity index (χ0) is 29.0. The lowest BCUT2D eigenvalue weighted by atomic mass is 9.84. The van der Waals surface area contributed by atoms with Crippen LogP contribution in [0.4, 0.5) is 8.78 Å². The smallest absolute Gasteiger partial charge is 0.387 e. The molecule has 0 aliphatic heterocycles. The van der Waals surface area contributed by atoms with Gasteiger partial charge in [0.2, 0.25) is 11.5 Å². The molecule has 0 saturated heterocycles. The number of benzene rings is 1. The Bertz CT molecular complexity index is 1380. The summed E-state index contributed by atoms with van der Waals surface area (Å²) in [5.74, 6) is 0.210. The number of carbonyl (C=O) groups excluding carboxylic acids is 1. The molecule has 0 saturated carbocycles. The SMILES string of the molecule is CCOc1cc(C(F)(F)OCC)c2nn(CC(=O)c3cc(OCCCO)c(OC)c(C(C)(C)C)c3)c(=N)n2n1. The van der Waals surface area contributed by atoms with Gasteiger partial charge in [0.05, 0.1) is 26.9 Å². The molecule has 3 aromatic rings. The molecule has 0 amide bonds. The van der Waals surface area contributed by atoms with Gasteiger partial charge in [-0.3, -0.25) is 10.2 Å². The zero-order valence-electron chi connectivity index (χ0n) is 23.0. The summed E-state index contributed by atoms with van der Waals surface area (Å²) in [6.45, 7) is 8.57. The summed E-state index contributed by atoms with van der Waals surface area (Å²) in [5, 5.41) is 25.9. The van der Waals surface area contributed by atoms with Gasteiger partial charge in [0.1, 0.15) is 12.1 Å². The molecule has 11 nitrogen and oxygen atoms in total. The highest BCUT2D eigenvalue weighted by molar-refractivity contribution is 5.97. The van der Waals surface area contributed by atoms with Crippen molar-refractivity contribution >= 4 is 11.4 Å². The van der Waals surface area contributed by atoms with Crippen molar-refractivity contribution in [3.05, 3.63) is 40.5 Å². The number of aliphatic hydroxyl groups is 1. The number of ether oxygens (including phenoxy) is 4. The second-order valence-electron chi connectivity index (χ2n) is 9.65. The van der Waals surface area contributed by atoms with Crippen LogP contribution in [-0.2, 0) is 22.8 Å². The number of halogens is 2. The number of hydrogen-bond donors (Lipinski definition) is 2. The van der Waals surface area contributed by atoms with Crippen molar-refractivity contribution in [3.63, 3.8) is 0 Å². The van der Waals surface area contributed by atoms with Crippen LogP contribution < -0.4 is 19.8 Å². The molecule has 2 heterocycles. The summed E-state index contributed by atoms with van der Waals surface area (Å²) in [7, 11) is 1.50. The lowest BCUT2D eigenvalue weighted by Gasteiger charge is -2.25. The van der Waals surface area contributed by atoms with Gasteiger partial charge in [0, 0.05) is 30.2 Å². The van der Waals surface area contributed by atoms with Crippen molar-refractivity contribution < 1.29 is 37.6 Å². The Kier molecular flexibility index (Phi) is 9.28. The highest BCUT2D eigenvalue weighted by Gasteiger charge is 2.37. The molecule has 0 aliphatic rings. The molecule has 0 fully saturated rings. The largest absolute Gasteiger partial charge is 0.493 e. The Morgan fingerprint density at radius 1 is 1.08 bits per heavy atom. The van der Waals surface area contributed by atoms with Gasteiger partial charge in [0.25, 0.3) is 0 Å². The number of alkyl halides is 2. The van der Waals surface area contributed by atoms with Gasteiger partial charge in [-0.1, -0.05) is 20.8 Å². The van der Waals surface area contributed by atoms with E-state index in [1.807, 2.05) is 20.8 Å². The number of aliphatic hydroxyl groups excluding tert-OH is 1. The average Bonchev–Trinajstić information content (AvgIpc) is 3.17. The van der Waals surface area contributed by atoms with Crippen molar-refractivity contribution in [1.29, 1.82) is 5.41 Å². The zero-order valence-corrected chi connectivity index (χ0v) is 23.0. The number of ketones is 1. The van der Waals surface area contributed by atoms with Crippen molar-refractivity contribution in [2.45, 2.75) is 59.1 Å². The molecule has 13 heteroatoms. The first-order valence-electron chi connectivity index (χ1n) is 12.6. The van der Waals surface area contributed by atoms with Gasteiger partial charge in [-0.15, -0.1) is 10.2 Å². The fourth-order valence-corrected chi connectivity index (χ4v) is 3.91. The van der Waals surface area contributed by atoms with E-state index in [-0.39, 0.29) is 43.5 Å². The third-order valence-corrected chi connectivity index (χ3v) is 5.74. The topological polar surface area (TPSA) is 133 Å². The third-order valence-electron chi connectivity index (χ3n) is 5.74. The number of methoxy groups -OCH3 is 1. The fraction of sp³-hybridized carbons (Fsp3) is 0.538. The molecule has 0 radical (unpaired) electrons. The number of rotatable bonds is 13. The lowest BCUT2D eigenvalue weighted by molar-refractivity contribution is -0.245. The maximum absolute atomic E-state index is 14.8. The van der Waals surface area contributed by atoms with Gasteiger partial charge in [-0.05, 0) is 31.4 Å². The van der Waals surface area contributed by atoms with E-state index in [1.54, 1.807) is 13.0 Å². The maximum atomic E-state index is 14.8. The van der Waals surface area contributed by atoms with E-state index in [0.29, 0.717) is 23.5 Å². The van der Waals surface area contributed by atoms with Crippen molar-refractivity contribution in [1.82, 2.24) is 19.4 Å². The Labute approximate surface area is 224 Å². The van der Waals surface area contributed by atoms with Crippen molar-refractivity contribution in [3.8, 4) is 17.4 Å². The van der Waals surface area contributed by atoms with E-state index in [9.17, 15) is 13.6 Å². The van der Waals surface area contributed by atoms with Crippen molar-refractivity contribution in [2.24, 2.45) is 0 Å². The van der Waals surface area contributed by atoms with Gasteiger partial charge < -0.3 is 24.1 Å². The molecule has 39 heavy (non-hydrogen) atoms. The summed E-state index contributed by atoms with van der Waals surface area (Å²) >= 11 is 0. The molecular formula is C26H35F2N5O6. The fourth-order valence-electron chi connectivity index (χ4n) is 3.91. The molecule has 214 valence electrons. The predicted octanol–water partition coefficient (Wildman–Crippen LogP) is 3.44. The second-order valence-corrected chi connectivity index (χ2v) is 9.65. The summed E-state index contributed by atoms with van der Waals surface area (Å²) in [6.07, 6.45) is -3.35. The number of fused-ring (bicyclic) bond motifs is 1. The van der Waals surface area contributed by atoms with Crippen LogP contribution in [0, 0.1) is 5.41 Å². The Morgan fingerprint density at radius 2 is 1.79 bits per heavy atom. The van der Waals surface area contributed by atoms with E-state index >= 15 is 0 Å². The molecule has 1 aromatic carbocycles. The van der Waals surface area contributed by atoms with Crippen LogP contribution in [0.15, 0.2) is 18.2 Å². The van der Waals surface area contributed by atoms with Crippen LogP contribution >= 0.6 is 0 Å². The highest BCUT2D eigenvalue weighted by atomic mass is 19.3. The van der Waals surface area contributed by atoms with E-state index < -0.39 is 35.0 Å². The van der Waals surface area contributed by atoms with Crippen molar-refractivity contribution in [2.75, 3.05) is 33.5 Å². The maximum Gasteiger partial charge on any atom is 0.387 e. The van der Waals surface area contributed by atoms with E-state index in [0.717, 1.165) is 15.3 Å². The van der Waals surface area contributed by atoms with Crippen LogP contribution in [0.5, 0.6) is 17.4 Å². The standard InChI is InChI=1S/C26H35F2N5O6/c1-7-37-21-14-18(26(27,28)39-8-2)23-31-32(24(29)33(23)30-21)15-19(35)16-12-17(25(3,4)5)22(36-6)20(13-16)38-11-9-10-34/h12-14,29,34H,7-11,15H2,1-6H3. The van der Waals surface area contributed by atoms with E-state index in [1.165, 1.54) is 20.1 Å². The quantitative estimate of drug-likeness (QED) is 0.244. The van der Waals surface area contributed by atoms with Gasteiger partial charge in [0.15, 0.2) is 22.9 Å². The molecule has 0 atom stereocenters. The highest BCUT2D eigenvalue weighted by Crippen LogP contribution is 2.40. The molecule has 0 aliphatic carbocycles. The van der Waals surface area contributed by atoms with Gasteiger partial charge in [-0.25, -0.2) is 4.68 Å². The molecule has 3 rings (SSSR count). The molecular weight excluding hydrogens is 516 g/mol. The van der Waals surface area contributed by atoms with Crippen LogP contribution in [0.1, 0.15) is 62.5 Å². The first-order valence-corrected chi connectivity index (χ1v) is 12.6. The lowest BCUT2D eigenvalue weighted by Crippen LogP contribution is -2.27. The van der Waals surface area contributed by atoms with Crippen LogP contribution in [0.3, 0.4) is 0 Å². The molecule has 0 bridgehead atoms. The number of nitrogens with zero attached hydrogens (tertiary/aromatic N) is 4. The number of carbonyl (C=O) groups is 1. The summed E-state index contributed by atoms with van der Waals surface area (Å²) in [5.41, 5.74) is -0.840. The Hall–Kier alpha value is -3.58. The monoisotopic (exact) mass is 551 g/mol. The average molecular weight is 552 g/mol. The molecule has 0 spiro atoms. The van der Waals surface area contributed by atoms with Gasteiger partial charge >= 0.3 is 6.11 Å². The second kappa shape index (κ2) is 12.1. The Balaban J connectivity index is 2.10. The van der Waals surface area contributed by atoms with E-state index in [4.69, 9.17) is 24.7 Å². The minimum atomic E-state index is -3.73. The van der Waals surface area contributed by atoms with Crippen LogP contribution in [-0.4, -0.2) is 63.8 Å². The third kappa shape index (κ3) is 6.53. The first kappa shape index (κ1) is 30.0. The van der Waals surface area contributed by atoms with E-state index in [2.05, 4.69) is 14.9 Å². The first-order chi connectivity index (χ1) is 18.4. The van der Waals surface area contributed by atoms with Crippen LogP contribution in [0.2, 0.25) is 0 Å². The molecule has 2 aromatic heterocycles. The number of hydrogen-bond acceptors (Lipinski definition) is 9. The molecule has 0 unspecified atom stereocenters. The molecule has 2 N–H and O–H groups in total. The number of Topliss-reactive ketones (excluding diaryl/α,β-unsaturated/α-hetero) is 1. The normalized spacial score (nSPS) is 12.1. The minimum Gasteiger partial charge on any atom is -0.493 e.